The van der Waals surface area contributed by atoms with Crippen molar-refractivity contribution in [1.29, 1.82) is 0 Å². The molecule has 1 atom stereocenters. The lowest BCUT2D eigenvalue weighted by Gasteiger charge is -2.14. The highest BCUT2D eigenvalue weighted by molar-refractivity contribution is 5.88. The summed E-state index contributed by atoms with van der Waals surface area (Å²) in [5, 5.41) is 13.4. The lowest BCUT2D eigenvalue weighted by atomic mass is 10.1. The molecule has 0 aromatic heterocycles. The molecule has 1 unspecified atom stereocenters. The molecule has 17 heavy (non-hydrogen) atoms. The predicted octanol–water partition coefficient (Wildman–Crippen LogP) is -0.246. The first-order valence-electron chi connectivity index (χ1n) is 5.29. The van der Waals surface area contributed by atoms with Crippen LogP contribution in [0.15, 0.2) is 0 Å². The molecule has 0 bridgehead atoms. The summed E-state index contributed by atoms with van der Waals surface area (Å²) in [5.41, 5.74) is 0. The third kappa shape index (κ3) is 7.29. The van der Waals surface area contributed by atoms with Crippen LogP contribution in [0.3, 0.4) is 0 Å². The summed E-state index contributed by atoms with van der Waals surface area (Å²) in [7, 11) is 1.49. The van der Waals surface area contributed by atoms with E-state index in [9.17, 15) is 14.4 Å². The highest BCUT2D eigenvalue weighted by atomic mass is 16.5. The zero-order chi connectivity index (χ0) is 13.3. The Balaban J connectivity index is 4.11. The first-order valence-corrected chi connectivity index (χ1v) is 5.29. The average Bonchev–Trinajstić information content (AvgIpc) is 2.28. The highest BCUT2D eigenvalue weighted by Gasteiger charge is 2.22. The van der Waals surface area contributed by atoms with Gasteiger partial charge in [-0.1, -0.05) is 6.92 Å². The third-order valence-corrected chi connectivity index (χ3v) is 2.02. The summed E-state index contributed by atoms with van der Waals surface area (Å²) in [4.78, 5) is 33.2. The Morgan fingerprint density at radius 1 is 1.35 bits per heavy atom. The molecule has 0 radical (unpaired) electrons. The van der Waals surface area contributed by atoms with Crippen molar-refractivity contribution in [3.05, 3.63) is 0 Å². The molecule has 0 aliphatic carbocycles. The minimum Gasteiger partial charge on any atom is -0.480 e. The Labute approximate surface area is 99.5 Å². The summed E-state index contributed by atoms with van der Waals surface area (Å²) < 4.78 is 4.71. The van der Waals surface area contributed by atoms with Crippen LogP contribution in [0.5, 0.6) is 0 Å². The smallest absolute Gasteiger partial charge is 0.326 e. The van der Waals surface area contributed by atoms with Crippen molar-refractivity contribution in [3.8, 4) is 0 Å². The van der Waals surface area contributed by atoms with Crippen molar-refractivity contribution < 1.29 is 24.2 Å². The number of carbonyl (C=O) groups is 3. The van der Waals surface area contributed by atoms with Gasteiger partial charge in [-0.05, 0) is 0 Å². The largest absolute Gasteiger partial charge is 0.480 e. The number of carboxylic acid groups (broad SMARTS) is 1. The van der Waals surface area contributed by atoms with E-state index in [4.69, 9.17) is 9.84 Å². The number of carboxylic acids is 1. The Kier molecular flexibility index (Phi) is 7.70. The fourth-order valence-corrected chi connectivity index (χ4v) is 1.05. The van der Waals surface area contributed by atoms with Gasteiger partial charge in [-0.15, -0.1) is 0 Å². The fourth-order valence-electron chi connectivity index (χ4n) is 1.05. The number of Topliss-reactive ketones (excluding diaryl/α,β-unsaturated/α-hetero) is 1. The second kappa shape index (κ2) is 8.51. The molecule has 98 valence electrons. The molecule has 0 rings (SSSR count). The zero-order valence-corrected chi connectivity index (χ0v) is 9.99. The first kappa shape index (κ1) is 15.4. The lowest BCUT2D eigenvalue weighted by Crippen LogP contribution is -2.47. The maximum Gasteiger partial charge on any atom is 0.326 e. The number of aliphatic carboxylic acids is 1. The van der Waals surface area contributed by atoms with Crippen molar-refractivity contribution in [2.75, 3.05) is 20.3 Å². The molecule has 7 nitrogen and oxygen atoms in total. The van der Waals surface area contributed by atoms with Gasteiger partial charge < -0.3 is 20.5 Å². The summed E-state index contributed by atoms with van der Waals surface area (Å²) >= 11 is 0. The van der Waals surface area contributed by atoms with Crippen molar-refractivity contribution in [2.24, 2.45) is 0 Å². The van der Waals surface area contributed by atoms with Crippen LogP contribution in [-0.2, 0) is 14.3 Å². The number of hydrogen-bond acceptors (Lipinski definition) is 4. The van der Waals surface area contributed by atoms with Crippen LogP contribution in [0.1, 0.15) is 19.8 Å². The van der Waals surface area contributed by atoms with Gasteiger partial charge in [0.1, 0.15) is 11.8 Å². The molecule has 0 heterocycles. The molecule has 0 aliphatic heterocycles. The van der Waals surface area contributed by atoms with Gasteiger partial charge in [0, 0.05) is 26.5 Å². The number of hydrogen-bond donors (Lipinski definition) is 3. The molecule has 0 saturated heterocycles. The molecule has 0 fully saturated rings. The van der Waals surface area contributed by atoms with Gasteiger partial charge in [0.2, 0.25) is 0 Å². The maximum absolute atomic E-state index is 11.3. The number of methoxy groups -OCH3 is 1. The topological polar surface area (TPSA) is 105 Å². The van der Waals surface area contributed by atoms with Gasteiger partial charge in [0.05, 0.1) is 6.61 Å². The number of amides is 2. The first-order chi connectivity index (χ1) is 8.01. The maximum atomic E-state index is 11.3. The van der Waals surface area contributed by atoms with E-state index in [0.717, 1.165) is 0 Å². The molecule has 3 N–H and O–H groups in total. The lowest BCUT2D eigenvalue weighted by molar-refractivity contribution is -0.140. The third-order valence-electron chi connectivity index (χ3n) is 2.02. The van der Waals surface area contributed by atoms with E-state index in [-0.39, 0.29) is 25.2 Å². The zero-order valence-electron chi connectivity index (χ0n) is 9.99. The molecule has 0 aromatic rings. The minimum absolute atomic E-state index is 0.205. The second-order valence-corrected chi connectivity index (χ2v) is 3.38. The number of ether oxygens (including phenoxy) is 1. The summed E-state index contributed by atoms with van der Waals surface area (Å²) in [6.45, 7) is 2.25. The summed E-state index contributed by atoms with van der Waals surface area (Å²) in [6, 6.07) is -1.82. The van der Waals surface area contributed by atoms with Gasteiger partial charge in [0.25, 0.3) is 0 Å². The summed E-state index contributed by atoms with van der Waals surface area (Å²) in [6.07, 6.45) is 0.0419. The SMILES string of the molecule is CCC(=O)CC(NC(=O)NCCOC)C(=O)O. The van der Waals surface area contributed by atoms with Gasteiger partial charge in [0.15, 0.2) is 0 Å². The van der Waals surface area contributed by atoms with Crippen LogP contribution in [0.25, 0.3) is 0 Å². The predicted molar refractivity (Wildman–Crippen MR) is 59.7 cm³/mol. The van der Waals surface area contributed by atoms with Crippen molar-refractivity contribution >= 4 is 17.8 Å². The van der Waals surface area contributed by atoms with Crippen molar-refractivity contribution in [2.45, 2.75) is 25.8 Å². The molecular formula is C10H18N2O5. The van der Waals surface area contributed by atoms with Crippen molar-refractivity contribution in [3.63, 3.8) is 0 Å². The van der Waals surface area contributed by atoms with E-state index in [1.807, 2.05) is 0 Å². The van der Waals surface area contributed by atoms with Gasteiger partial charge in [-0.25, -0.2) is 9.59 Å². The van der Waals surface area contributed by atoms with E-state index in [2.05, 4.69) is 10.6 Å². The van der Waals surface area contributed by atoms with E-state index < -0.39 is 18.0 Å². The molecule has 0 aliphatic rings. The number of ketones is 1. The standard InChI is InChI=1S/C10H18N2O5/c1-3-7(13)6-8(9(14)15)12-10(16)11-4-5-17-2/h8H,3-6H2,1-2H3,(H,14,15)(H2,11,12,16). The van der Waals surface area contributed by atoms with E-state index in [1.165, 1.54) is 7.11 Å². The van der Waals surface area contributed by atoms with Crippen LogP contribution in [0, 0.1) is 0 Å². The fraction of sp³-hybridized carbons (Fsp3) is 0.700. The number of carbonyl (C=O) groups excluding carboxylic acids is 2. The van der Waals surface area contributed by atoms with Crippen LogP contribution in [0.2, 0.25) is 0 Å². The van der Waals surface area contributed by atoms with Gasteiger partial charge in [-0.3, -0.25) is 4.79 Å². The van der Waals surface area contributed by atoms with Crippen LogP contribution >= 0.6 is 0 Å². The Hall–Kier alpha value is -1.63. The normalized spacial score (nSPS) is 11.6. The number of nitrogens with one attached hydrogen (secondary N) is 2. The highest BCUT2D eigenvalue weighted by Crippen LogP contribution is 1.97. The molecule has 0 aromatic carbocycles. The monoisotopic (exact) mass is 246 g/mol. The Bertz CT molecular complexity index is 280. The minimum atomic E-state index is -1.23. The van der Waals surface area contributed by atoms with Crippen LogP contribution in [-0.4, -0.2) is 49.2 Å². The second-order valence-electron chi connectivity index (χ2n) is 3.38. The van der Waals surface area contributed by atoms with Crippen molar-refractivity contribution in [1.82, 2.24) is 10.6 Å². The number of urea groups is 1. The average molecular weight is 246 g/mol. The van der Waals surface area contributed by atoms with Gasteiger partial charge in [-0.2, -0.15) is 0 Å². The van der Waals surface area contributed by atoms with E-state index in [1.54, 1.807) is 6.92 Å². The molecule has 7 heteroatoms. The molecular weight excluding hydrogens is 228 g/mol. The van der Waals surface area contributed by atoms with Crippen LogP contribution in [0.4, 0.5) is 4.79 Å². The molecule has 0 saturated carbocycles. The quantitative estimate of drug-likeness (QED) is 0.512. The molecule has 0 spiro atoms. The summed E-state index contributed by atoms with van der Waals surface area (Å²) in [5.74, 6) is -1.44. The van der Waals surface area contributed by atoms with E-state index in [0.29, 0.717) is 6.61 Å². The van der Waals surface area contributed by atoms with Gasteiger partial charge >= 0.3 is 12.0 Å². The molecule has 2 amide bonds. The van der Waals surface area contributed by atoms with E-state index >= 15 is 0 Å². The van der Waals surface area contributed by atoms with Crippen LogP contribution < -0.4 is 10.6 Å². The Morgan fingerprint density at radius 2 is 2.00 bits per heavy atom. The Morgan fingerprint density at radius 3 is 2.47 bits per heavy atom. The number of rotatable bonds is 8.